The van der Waals surface area contributed by atoms with Gasteiger partial charge in [-0.25, -0.2) is 4.57 Å². The first kappa shape index (κ1) is 11.4. The van der Waals surface area contributed by atoms with Crippen molar-refractivity contribution >= 4 is 13.1 Å². The van der Waals surface area contributed by atoms with Gasteiger partial charge < -0.3 is 0 Å². The molecule has 1 aromatic rings. The molecule has 0 N–H and O–H groups in total. The second-order valence-electron chi connectivity index (χ2n) is 4.26. The fourth-order valence-corrected chi connectivity index (χ4v) is 1.63. The van der Waals surface area contributed by atoms with E-state index in [1.807, 2.05) is 20.8 Å². The van der Waals surface area contributed by atoms with Gasteiger partial charge in [0.2, 0.25) is 0 Å². The Morgan fingerprint density at radius 3 is 1.79 bits per heavy atom. The maximum absolute atomic E-state index is 12.4. The number of halogens is 2. The van der Waals surface area contributed by atoms with Gasteiger partial charge in [0.25, 0.3) is 0 Å². The standard InChI is InChI=1S/C10H13F2OP/c1-10(2,3)8-4-6-9(7-5-8)14(11,12)13/h4-7H,1-3H3. The van der Waals surface area contributed by atoms with E-state index in [1.54, 1.807) is 12.1 Å². The summed E-state index contributed by atoms with van der Waals surface area (Å²) in [5.41, 5.74) is 0.879. The minimum atomic E-state index is -5.09. The van der Waals surface area contributed by atoms with E-state index in [2.05, 4.69) is 0 Å². The summed E-state index contributed by atoms with van der Waals surface area (Å²) in [6, 6.07) is 5.67. The zero-order valence-electron chi connectivity index (χ0n) is 8.42. The average molecular weight is 218 g/mol. The molecule has 1 rings (SSSR count). The van der Waals surface area contributed by atoms with Gasteiger partial charge in [-0.3, -0.25) is 0 Å². The molecule has 1 nitrogen and oxygen atoms in total. The highest BCUT2D eigenvalue weighted by Gasteiger charge is 2.23. The molecule has 0 spiro atoms. The van der Waals surface area contributed by atoms with Gasteiger partial charge in [-0.05, 0) is 23.1 Å². The zero-order chi connectivity index (χ0) is 11.0. The van der Waals surface area contributed by atoms with Crippen LogP contribution in [0, 0.1) is 0 Å². The topological polar surface area (TPSA) is 17.1 Å². The second-order valence-corrected chi connectivity index (χ2v) is 5.70. The first-order valence-corrected chi connectivity index (χ1v) is 5.80. The minimum Gasteiger partial charge on any atom is -0.244 e. The van der Waals surface area contributed by atoms with E-state index in [0.29, 0.717) is 0 Å². The van der Waals surface area contributed by atoms with Gasteiger partial charge in [0.1, 0.15) is 0 Å². The van der Waals surface area contributed by atoms with Crippen LogP contribution in [0.25, 0.3) is 0 Å². The van der Waals surface area contributed by atoms with Crippen molar-refractivity contribution in [3.05, 3.63) is 29.8 Å². The highest BCUT2D eigenvalue weighted by Crippen LogP contribution is 2.47. The Balaban J connectivity index is 3.08. The molecular weight excluding hydrogens is 205 g/mol. The van der Waals surface area contributed by atoms with Crippen LogP contribution in [0.1, 0.15) is 26.3 Å². The maximum atomic E-state index is 12.4. The molecule has 14 heavy (non-hydrogen) atoms. The molecule has 4 heteroatoms. The van der Waals surface area contributed by atoms with E-state index in [1.165, 1.54) is 12.1 Å². The van der Waals surface area contributed by atoms with Crippen molar-refractivity contribution < 1.29 is 13.0 Å². The quantitative estimate of drug-likeness (QED) is 0.656. The predicted molar refractivity (Wildman–Crippen MR) is 54.6 cm³/mol. The zero-order valence-corrected chi connectivity index (χ0v) is 9.32. The van der Waals surface area contributed by atoms with Crippen LogP contribution in [0.3, 0.4) is 0 Å². The van der Waals surface area contributed by atoms with Gasteiger partial charge in [-0.1, -0.05) is 32.9 Å². The molecule has 0 heterocycles. The predicted octanol–water partition coefficient (Wildman–Crippen LogP) is 3.74. The van der Waals surface area contributed by atoms with Gasteiger partial charge in [0.05, 0.1) is 5.30 Å². The molecule has 0 saturated carbocycles. The number of hydrogen-bond acceptors (Lipinski definition) is 1. The monoisotopic (exact) mass is 218 g/mol. The van der Waals surface area contributed by atoms with Crippen molar-refractivity contribution in [1.82, 2.24) is 0 Å². The van der Waals surface area contributed by atoms with Gasteiger partial charge in [0, 0.05) is 0 Å². The van der Waals surface area contributed by atoms with Gasteiger partial charge in [0.15, 0.2) is 0 Å². The van der Waals surface area contributed by atoms with Crippen molar-refractivity contribution in [1.29, 1.82) is 0 Å². The lowest BCUT2D eigenvalue weighted by molar-refractivity contribution is 0.507. The van der Waals surface area contributed by atoms with Gasteiger partial charge in [-0.2, -0.15) is 0 Å². The average Bonchev–Trinajstić information content (AvgIpc) is 2.01. The van der Waals surface area contributed by atoms with Crippen LogP contribution in [-0.4, -0.2) is 0 Å². The minimum absolute atomic E-state index is 0.0743. The highest BCUT2D eigenvalue weighted by molar-refractivity contribution is 7.61. The molecule has 0 atom stereocenters. The Labute approximate surface area is 82.8 Å². The summed E-state index contributed by atoms with van der Waals surface area (Å²) in [5, 5.41) is -0.370. The van der Waals surface area contributed by atoms with E-state index in [-0.39, 0.29) is 10.7 Å². The number of rotatable bonds is 1. The summed E-state index contributed by atoms with van der Waals surface area (Å²) < 4.78 is 35.3. The van der Waals surface area contributed by atoms with Crippen LogP contribution in [0.2, 0.25) is 0 Å². The third kappa shape index (κ3) is 2.65. The SMILES string of the molecule is CC(C)(C)c1ccc(P(=O)(F)F)cc1. The molecule has 0 bridgehead atoms. The van der Waals surface area contributed by atoms with Crippen molar-refractivity contribution in [2.75, 3.05) is 0 Å². The van der Waals surface area contributed by atoms with E-state index in [0.717, 1.165) is 5.56 Å². The Morgan fingerprint density at radius 2 is 1.50 bits per heavy atom. The Morgan fingerprint density at radius 1 is 1.07 bits per heavy atom. The summed E-state index contributed by atoms with van der Waals surface area (Å²) in [7, 11) is -5.09. The highest BCUT2D eigenvalue weighted by atomic mass is 31.2. The molecule has 0 saturated heterocycles. The summed E-state index contributed by atoms with van der Waals surface area (Å²) in [6.07, 6.45) is 0. The summed E-state index contributed by atoms with van der Waals surface area (Å²) in [6.45, 7) is 5.98. The molecule has 0 radical (unpaired) electrons. The molecule has 0 fully saturated rings. The van der Waals surface area contributed by atoms with Crippen molar-refractivity contribution in [3.8, 4) is 0 Å². The van der Waals surface area contributed by atoms with E-state index >= 15 is 0 Å². The van der Waals surface area contributed by atoms with Crippen LogP contribution in [0.4, 0.5) is 8.39 Å². The van der Waals surface area contributed by atoms with Crippen molar-refractivity contribution in [2.45, 2.75) is 26.2 Å². The molecule has 0 aliphatic carbocycles. The van der Waals surface area contributed by atoms with Gasteiger partial charge in [-0.15, -0.1) is 8.39 Å². The molecule has 0 aliphatic rings. The van der Waals surface area contributed by atoms with Gasteiger partial charge >= 0.3 is 7.76 Å². The third-order valence-electron chi connectivity index (χ3n) is 2.03. The first-order valence-electron chi connectivity index (χ1n) is 4.32. The second kappa shape index (κ2) is 3.47. The van der Waals surface area contributed by atoms with E-state index in [9.17, 15) is 13.0 Å². The molecule has 0 aliphatic heterocycles. The normalized spacial score (nSPS) is 12.9. The molecule has 78 valence electrons. The van der Waals surface area contributed by atoms with Crippen LogP contribution < -0.4 is 5.30 Å². The smallest absolute Gasteiger partial charge is 0.244 e. The van der Waals surface area contributed by atoms with Crippen LogP contribution in [0.15, 0.2) is 24.3 Å². The summed E-state index contributed by atoms with van der Waals surface area (Å²) in [5.74, 6) is 0. The number of benzene rings is 1. The van der Waals surface area contributed by atoms with Crippen molar-refractivity contribution in [3.63, 3.8) is 0 Å². The van der Waals surface area contributed by atoms with E-state index < -0.39 is 7.76 Å². The Hall–Kier alpha value is -0.690. The summed E-state index contributed by atoms with van der Waals surface area (Å²) in [4.78, 5) is 0. The first-order chi connectivity index (χ1) is 6.21. The van der Waals surface area contributed by atoms with Crippen LogP contribution in [-0.2, 0) is 9.98 Å². The Bertz CT molecular complexity index is 359. The van der Waals surface area contributed by atoms with Crippen LogP contribution >= 0.6 is 7.76 Å². The largest absolute Gasteiger partial charge is 0.433 e. The lowest BCUT2D eigenvalue weighted by Crippen LogP contribution is -2.12. The molecule has 0 aromatic heterocycles. The Kier molecular flexibility index (Phi) is 2.82. The fraction of sp³-hybridized carbons (Fsp3) is 0.400. The lowest BCUT2D eigenvalue weighted by Gasteiger charge is -2.18. The number of hydrogen-bond donors (Lipinski definition) is 0. The molecular formula is C10H13F2OP. The molecule has 1 aromatic carbocycles. The van der Waals surface area contributed by atoms with Crippen molar-refractivity contribution in [2.24, 2.45) is 0 Å². The lowest BCUT2D eigenvalue weighted by atomic mass is 9.87. The molecule has 0 unspecified atom stereocenters. The maximum Gasteiger partial charge on any atom is 0.433 e. The van der Waals surface area contributed by atoms with E-state index in [4.69, 9.17) is 0 Å². The van der Waals surface area contributed by atoms with Crippen LogP contribution in [0.5, 0.6) is 0 Å². The fourth-order valence-electron chi connectivity index (χ4n) is 1.13. The molecule has 0 amide bonds. The third-order valence-corrected chi connectivity index (χ3v) is 2.93. The summed E-state index contributed by atoms with van der Waals surface area (Å²) >= 11 is 0.